The number of hydrogen-bond acceptors (Lipinski definition) is 7. The molecule has 14 heavy (non-hydrogen) atoms. The summed E-state index contributed by atoms with van der Waals surface area (Å²) in [7, 11) is 0. The van der Waals surface area contributed by atoms with Crippen LogP contribution in [-0.2, 0) is 9.53 Å². The lowest BCUT2D eigenvalue weighted by Crippen LogP contribution is -2.59. The average Bonchev–Trinajstić information content (AvgIpc) is 2.19. The van der Waals surface area contributed by atoms with Crippen LogP contribution in [0.5, 0.6) is 0 Å². The third kappa shape index (κ3) is 1.86. The van der Waals surface area contributed by atoms with Gasteiger partial charge in [0.05, 0.1) is 6.61 Å². The molecule has 0 radical (unpaired) electrons. The fourth-order valence-electron chi connectivity index (χ4n) is 1.20. The normalized spacial score (nSPS) is 40.5. The van der Waals surface area contributed by atoms with Gasteiger partial charge in [0.1, 0.15) is 18.3 Å². The van der Waals surface area contributed by atoms with Crippen molar-refractivity contribution in [1.82, 2.24) is 0 Å². The summed E-state index contributed by atoms with van der Waals surface area (Å²) in [6, 6.07) is 0. The first kappa shape index (κ1) is 11.3. The minimum Gasteiger partial charge on any atom is -0.455 e. The first-order valence-corrected chi connectivity index (χ1v) is 4.02. The second kappa shape index (κ2) is 4.20. The third-order valence-corrected chi connectivity index (χ3v) is 2.07. The van der Waals surface area contributed by atoms with Crippen LogP contribution in [0.4, 0.5) is 0 Å². The summed E-state index contributed by atoms with van der Waals surface area (Å²) in [6.45, 7) is -0.724. The number of hydrogen-bond donors (Lipinski definition) is 5. The Balaban J connectivity index is 2.75. The molecule has 0 unspecified atom stereocenters. The van der Waals surface area contributed by atoms with Crippen LogP contribution in [0, 0.1) is 0 Å². The standard InChI is InChI=1S/C7H12O7/c8-1-2(9)6-4(11)3(10)5(12)7(13)14-6/h2-6,8-12H,1H2/t2-,3-,4-,5+,6-/m1/s1. The Bertz CT molecular complexity index is 218. The van der Waals surface area contributed by atoms with E-state index in [-0.39, 0.29) is 0 Å². The smallest absolute Gasteiger partial charge is 0.338 e. The van der Waals surface area contributed by atoms with E-state index in [1.165, 1.54) is 0 Å². The largest absolute Gasteiger partial charge is 0.455 e. The van der Waals surface area contributed by atoms with Gasteiger partial charge in [0.15, 0.2) is 12.2 Å². The number of rotatable bonds is 2. The van der Waals surface area contributed by atoms with Crippen molar-refractivity contribution < 1.29 is 35.1 Å². The Morgan fingerprint density at radius 1 is 1.29 bits per heavy atom. The molecule has 1 aliphatic heterocycles. The second-order valence-corrected chi connectivity index (χ2v) is 3.08. The van der Waals surface area contributed by atoms with Crippen molar-refractivity contribution in [2.45, 2.75) is 30.5 Å². The lowest BCUT2D eigenvalue weighted by atomic mass is 9.96. The zero-order chi connectivity index (χ0) is 10.9. The molecule has 0 saturated carbocycles. The number of carbonyl (C=O) groups excluding carboxylic acids is 1. The van der Waals surface area contributed by atoms with Gasteiger partial charge in [0, 0.05) is 0 Å². The molecule has 0 amide bonds. The second-order valence-electron chi connectivity index (χ2n) is 3.08. The van der Waals surface area contributed by atoms with Crippen LogP contribution in [0.2, 0.25) is 0 Å². The van der Waals surface area contributed by atoms with Crippen molar-refractivity contribution in [3.63, 3.8) is 0 Å². The van der Waals surface area contributed by atoms with Crippen molar-refractivity contribution in [3.8, 4) is 0 Å². The van der Waals surface area contributed by atoms with Gasteiger partial charge < -0.3 is 30.3 Å². The molecule has 1 rings (SSSR count). The van der Waals surface area contributed by atoms with Gasteiger partial charge in [-0.25, -0.2) is 4.79 Å². The molecule has 1 saturated heterocycles. The molecule has 1 aliphatic rings. The van der Waals surface area contributed by atoms with Crippen molar-refractivity contribution in [1.29, 1.82) is 0 Å². The van der Waals surface area contributed by atoms with Crippen molar-refractivity contribution >= 4 is 5.97 Å². The lowest BCUT2D eigenvalue weighted by molar-refractivity contribution is -0.217. The fourth-order valence-corrected chi connectivity index (χ4v) is 1.20. The SMILES string of the molecule is O=C1O[C@H]([C@H](O)CO)[C@H](O)[C@@H](O)[C@@H]1O. The van der Waals surface area contributed by atoms with E-state index in [4.69, 9.17) is 20.4 Å². The number of aliphatic hydroxyl groups excluding tert-OH is 5. The topological polar surface area (TPSA) is 127 Å². The van der Waals surface area contributed by atoms with Crippen LogP contribution < -0.4 is 0 Å². The van der Waals surface area contributed by atoms with Crippen LogP contribution in [0.1, 0.15) is 0 Å². The molecule has 7 heteroatoms. The average molecular weight is 208 g/mol. The zero-order valence-electron chi connectivity index (χ0n) is 7.15. The van der Waals surface area contributed by atoms with E-state index in [1.807, 2.05) is 0 Å². The molecule has 7 nitrogen and oxygen atoms in total. The summed E-state index contributed by atoms with van der Waals surface area (Å²) in [5, 5.41) is 45.0. The summed E-state index contributed by atoms with van der Waals surface area (Å²) in [6.07, 6.45) is -8.08. The molecule has 0 bridgehead atoms. The van der Waals surface area contributed by atoms with Crippen LogP contribution in [-0.4, -0.2) is 68.6 Å². The van der Waals surface area contributed by atoms with E-state index in [1.54, 1.807) is 0 Å². The molecule has 1 heterocycles. The van der Waals surface area contributed by atoms with Crippen molar-refractivity contribution in [2.24, 2.45) is 0 Å². The van der Waals surface area contributed by atoms with Gasteiger partial charge >= 0.3 is 5.97 Å². The Morgan fingerprint density at radius 3 is 2.36 bits per heavy atom. The van der Waals surface area contributed by atoms with E-state index in [0.29, 0.717) is 0 Å². The summed E-state index contributed by atoms with van der Waals surface area (Å²) in [5.41, 5.74) is 0. The molecule has 5 N–H and O–H groups in total. The molecule has 0 aromatic carbocycles. The molecule has 82 valence electrons. The van der Waals surface area contributed by atoms with Gasteiger partial charge in [-0.1, -0.05) is 0 Å². The van der Waals surface area contributed by atoms with Crippen molar-refractivity contribution in [3.05, 3.63) is 0 Å². The minimum absolute atomic E-state index is 0.724. The maximum absolute atomic E-state index is 10.8. The highest BCUT2D eigenvalue weighted by Gasteiger charge is 2.46. The Hall–Kier alpha value is -0.730. The molecular formula is C7H12O7. The Kier molecular flexibility index (Phi) is 3.40. The number of esters is 1. The monoisotopic (exact) mass is 208 g/mol. The molecule has 0 aromatic rings. The lowest BCUT2D eigenvalue weighted by Gasteiger charge is -2.35. The molecule has 0 aromatic heterocycles. The third-order valence-electron chi connectivity index (χ3n) is 2.07. The first-order valence-electron chi connectivity index (χ1n) is 4.02. The number of cyclic esters (lactones) is 1. The predicted octanol–water partition coefficient (Wildman–Crippen LogP) is -3.65. The zero-order valence-corrected chi connectivity index (χ0v) is 7.15. The van der Waals surface area contributed by atoms with Gasteiger partial charge in [-0.15, -0.1) is 0 Å². The Morgan fingerprint density at radius 2 is 1.86 bits per heavy atom. The van der Waals surface area contributed by atoms with E-state index in [9.17, 15) is 9.90 Å². The number of carbonyl (C=O) groups is 1. The van der Waals surface area contributed by atoms with Gasteiger partial charge in [-0.2, -0.15) is 0 Å². The highest BCUT2D eigenvalue weighted by molar-refractivity contribution is 5.76. The minimum atomic E-state index is -1.83. The molecular weight excluding hydrogens is 196 g/mol. The highest BCUT2D eigenvalue weighted by Crippen LogP contribution is 2.19. The summed E-state index contributed by atoms with van der Waals surface area (Å²) in [4.78, 5) is 10.8. The van der Waals surface area contributed by atoms with E-state index < -0.39 is 43.1 Å². The summed E-state index contributed by atoms with van der Waals surface area (Å²) in [5.74, 6) is -1.14. The number of aliphatic hydroxyl groups is 5. The van der Waals surface area contributed by atoms with Crippen LogP contribution in [0.15, 0.2) is 0 Å². The van der Waals surface area contributed by atoms with Crippen LogP contribution in [0.25, 0.3) is 0 Å². The van der Waals surface area contributed by atoms with Gasteiger partial charge in [-0.05, 0) is 0 Å². The molecule has 0 spiro atoms. The van der Waals surface area contributed by atoms with Gasteiger partial charge in [0.25, 0.3) is 0 Å². The van der Waals surface area contributed by atoms with E-state index in [0.717, 1.165) is 0 Å². The molecule has 5 atom stereocenters. The Labute approximate surface area is 79.2 Å². The van der Waals surface area contributed by atoms with Crippen LogP contribution >= 0.6 is 0 Å². The van der Waals surface area contributed by atoms with E-state index >= 15 is 0 Å². The van der Waals surface area contributed by atoms with E-state index in [2.05, 4.69) is 4.74 Å². The van der Waals surface area contributed by atoms with Crippen LogP contribution in [0.3, 0.4) is 0 Å². The number of ether oxygens (including phenoxy) is 1. The van der Waals surface area contributed by atoms with Crippen molar-refractivity contribution in [2.75, 3.05) is 6.61 Å². The fraction of sp³-hybridized carbons (Fsp3) is 0.857. The first-order chi connectivity index (χ1) is 6.49. The summed E-state index contributed by atoms with van der Waals surface area (Å²) >= 11 is 0. The highest BCUT2D eigenvalue weighted by atomic mass is 16.6. The maximum atomic E-state index is 10.8. The van der Waals surface area contributed by atoms with Gasteiger partial charge in [-0.3, -0.25) is 0 Å². The van der Waals surface area contributed by atoms with Gasteiger partial charge in [0.2, 0.25) is 0 Å². The molecule has 0 aliphatic carbocycles. The quantitative estimate of drug-likeness (QED) is 0.296. The maximum Gasteiger partial charge on any atom is 0.338 e. The molecule has 1 fully saturated rings. The summed E-state index contributed by atoms with van der Waals surface area (Å²) < 4.78 is 4.43. The predicted molar refractivity (Wildman–Crippen MR) is 41.0 cm³/mol.